The molecule has 6 nitrogen and oxygen atoms in total. The Morgan fingerprint density at radius 2 is 1.83 bits per heavy atom. The van der Waals surface area contributed by atoms with E-state index in [4.69, 9.17) is 4.74 Å². The number of aliphatic hydroxyl groups excluding tert-OH is 2. The highest BCUT2D eigenvalue weighted by Crippen LogP contribution is 2.37. The van der Waals surface area contributed by atoms with Gasteiger partial charge in [0.25, 0.3) is 0 Å². The number of nitrogens with one attached hydrogen (secondary N) is 1. The second-order valence-corrected chi connectivity index (χ2v) is 6.16. The van der Waals surface area contributed by atoms with Gasteiger partial charge in [0.2, 0.25) is 0 Å². The molecule has 0 aromatic rings. The quantitative estimate of drug-likeness (QED) is 0.494. The molecule has 0 radical (unpaired) electrons. The fourth-order valence-electron chi connectivity index (χ4n) is 2.90. The van der Waals surface area contributed by atoms with Crippen LogP contribution in [0.2, 0.25) is 0 Å². The highest BCUT2D eigenvalue weighted by atomic mass is 16.5. The molecular weight excluding hydrogens is 236 g/mol. The Labute approximate surface area is 108 Å². The highest BCUT2D eigenvalue weighted by Gasteiger charge is 2.52. The summed E-state index contributed by atoms with van der Waals surface area (Å²) in [5.74, 6) is -0.392. The van der Waals surface area contributed by atoms with Crippen molar-refractivity contribution in [3.05, 3.63) is 0 Å². The summed E-state index contributed by atoms with van der Waals surface area (Å²) >= 11 is 0. The second-order valence-electron chi connectivity index (χ2n) is 6.16. The lowest BCUT2D eigenvalue weighted by atomic mass is 9.72. The number of aliphatic hydroxyl groups is 3. The van der Waals surface area contributed by atoms with Gasteiger partial charge in [-0.3, -0.25) is 10.2 Å². The third-order valence-electron chi connectivity index (χ3n) is 4.03. The van der Waals surface area contributed by atoms with Crippen LogP contribution < -0.4 is 5.32 Å². The van der Waals surface area contributed by atoms with Gasteiger partial charge in [-0.15, -0.1) is 0 Å². The van der Waals surface area contributed by atoms with Crippen LogP contribution >= 0.6 is 0 Å². The lowest BCUT2D eigenvalue weighted by Gasteiger charge is -2.43. The second kappa shape index (κ2) is 4.70. The van der Waals surface area contributed by atoms with E-state index in [2.05, 4.69) is 5.32 Å². The Bertz CT molecular complexity index is 305. The smallest absolute Gasteiger partial charge is 0.166 e. The lowest BCUT2D eigenvalue weighted by molar-refractivity contribution is -0.149. The highest BCUT2D eigenvalue weighted by molar-refractivity contribution is 5.04. The van der Waals surface area contributed by atoms with Crippen molar-refractivity contribution < 1.29 is 20.1 Å². The van der Waals surface area contributed by atoms with E-state index in [-0.39, 0.29) is 18.5 Å². The summed E-state index contributed by atoms with van der Waals surface area (Å²) in [6.07, 6.45) is -1.79. The number of rotatable bonds is 2. The Kier molecular flexibility index (Phi) is 3.70. The van der Waals surface area contributed by atoms with Crippen LogP contribution in [0.5, 0.6) is 0 Å². The zero-order valence-electron chi connectivity index (χ0n) is 11.4. The minimum Gasteiger partial charge on any atom is -0.390 e. The topological polar surface area (TPSA) is 85.2 Å². The number of nitrogens with zero attached hydrogens (tertiary/aromatic N) is 1. The SMILES string of the molecule is CN(C)C1NC2C(CC(C(C)(C)O)C(O)C2O)O1. The van der Waals surface area contributed by atoms with Crippen LogP contribution in [-0.4, -0.2) is 70.6 Å². The maximum absolute atomic E-state index is 10.2. The molecule has 1 aliphatic heterocycles. The molecule has 0 amide bonds. The van der Waals surface area contributed by atoms with Gasteiger partial charge < -0.3 is 20.1 Å². The molecule has 0 aromatic heterocycles. The first-order chi connectivity index (χ1) is 8.21. The molecule has 2 aliphatic rings. The van der Waals surface area contributed by atoms with E-state index in [1.165, 1.54) is 0 Å². The van der Waals surface area contributed by atoms with Crippen molar-refractivity contribution in [3.8, 4) is 0 Å². The van der Waals surface area contributed by atoms with E-state index in [1.807, 2.05) is 19.0 Å². The van der Waals surface area contributed by atoms with Gasteiger partial charge in [0.15, 0.2) is 6.35 Å². The van der Waals surface area contributed by atoms with E-state index >= 15 is 0 Å². The Morgan fingerprint density at radius 1 is 1.22 bits per heavy atom. The minimum atomic E-state index is -1.04. The Hall–Kier alpha value is -0.240. The van der Waals surface area contributed by atoms with Gasteiger partial charge in [0, 0.05) is 5.92 Å². The van der Waals surface area contributed by atoms with Gasteiger partial charge in [-0.2, -0.15) is 0 Å². The fourth-order valence-corrected chi connectivity index (χ4v) is 2.90. The van der Waals surface area contributed by atoms with Crippen LogP contribution in [0.3, 0.4) is 0 Å². The molecule has 6 heteroatoms. The molecule has 1 aliphatic carbocycles. The molecule has 18 heavy (non-hydrogen) atoms. The maximum atomic E-state index is 10.2. The largest absolute Gasteiger partial charge is 0.390 e. The number of hydrogen-bond acceptors (Lipinski definition) is 6. The minimum absolute atomic E-state index is 0.188. The third kappa shape index (κ3) is 2.41. The first kappa shape index (κ1) is 14.2. The normalized spacial score (nSPS) is 45.3. The van der Waals surface area contributed by atoms with E-state index in [0.717, 1.165) is 0 Å². The summed E-state index contributed by atoms with van der Waals surface area (Å²) in [4.78, 5) is 1.87. The molecule has 2 rings (SSSR count). The van der Waals surface area contributed by atoms with Gasteiger partial charge in [-0.1, -0.05) is 0 Å². The van der Waals surface area contributed by atoms with Crippen molar-refractivity contribution in [2.75, 3.05) is 14.1 Å². The fraction of sp³-hybridized carbons (Fsp3) is 1.00. The van der Waals surface area contributed by atoms with Gasteiger partial charge in [-0.05, 0) is 34.4 Å². The molecule has 106 valence electrons. The average molecular weight is 260 g/mol. The number of hydrogen-bond donors (Lipinski definition) is 4. The van der Waals surface area contributed by atoms with Crippen LogP contribution in [0, 0.1) is 5.92 Å². The van der Waals surface area contributed by atoms with Crippen molar-refractivity contribution in [2.24, 2.45) is 5.92 Å². The average Bonchev–Trinajstić information content (AvgIpc) is 2.65. The first-order valence-electron chi connectivity index (χ1n) is 6.38. The van der Waals surface area contributed by atoms with Gasteiger partial charge >= 0.3 is 0 Å². The Morgan fingerprint density at radius 3 is 2.33 bits per heavy atom. The first-order valence-corrected chi connectivity index (χ1v) is 6.38. The summed E-state index contributed by atoms with van der Waals surface area (Å²) in [6, 6.07) is -0.286. The van der Waals surface area contributed by atoms with E-state index in [9.17, 15) is 15.3 Å². The summed E-state index contributed by atoms with van der Waals surface area (Å²) in [6.45, 7) is 3.31. The number of ether oxygens (including phenoxy) is 1. The summed E-state index contributed by atoms with van der Waals surface area (Å²) in [5, 5.41) is 33.5. The molecule has 6 unspecified atom stereocenters. The lowest BCUT2D eigenvalue weighted by Crippen LogP contribution is -2.60. The third-order valence-corrected chi connectivity index (χ3v) is 4.03. The molecular formula is C12H24N2O4. The molecule has 2 fully saturated rings. The molecule has 0 aromatic carbocycles. The van der Waals surface area contributed by atoms with Gasteiger partial charge in [0.1, 0.15) is 0 Å². The van der Waals surface area contributed by atoms with E-state index < -0.39 is 23.7 Å². The van der Waals surface area contributed by atoms with Crippen LogP contribution in [-0.2, 0) is 4.74 Å². The van der Waals surface area contributed by atoms with Crippen molar-refractivity contribution in [2.45, 2.75) is 56.6 Å². The molecule has 1 saturated heterocycles. The molecule has 6 atom stereocenters. The summed E-state index contributed by atoms with van der Waals surface area (Å²) < 4.78 is 5.80. The van der Waals surface area contributed by atoms with Crippen molar-refractivity contribution in [1.29, 1.82) is 0 Å². The zero-order chi connectivity index (χ0) is 13.7. The predicted octanol–water partition coefficient (Wildman–Crippen LogP) is -1.30. The monoisotopic (exact) mass is 260 g/mol. The molecule has 1 heterocycles. The van der Waals surface area contributed by atoms with Crippen LogP contribution in [0.1, 0.15) is 20.3 Å². The van der Waals surface area contributed by atoms with E-state index in [1.54, 1.807) is 13.8 Å². The predicted molar refractivity (Wildman–Crippen MR) is 65.7 cm³/mol. The van der Waals surface area contributed by atoms with Crippen LogP contribution in [0.15, 0.2) is 0 Å². The van der Waals surface area contributed by atoms with Crippen molar-refractivity contribution in [1.82, 2.24) is 10.2 Å². The summed E-state index contributed by atoms with van der Waals surface area (Å²) in [7, 11) is 3.76. The molecule has 4 N–H and O–H groups in total. The molecule has 0 spiro atoms. The maximum Gasteiger partial charge on any atom is 0.166 e. The van der Waals surface area contributed by atoms with E-state index in [0.29, 0.717) is 6.42 Å². The molecule has 0 bridgehead atoms. The van der Waals surface area contributed by atoms with Gasteiger partial charge in [0.05, 0.1) is 30.0 Å². The number of fused-ring (bicyclic) bond motifs is 1. The molecule has 1 saturated carbocycles. The standard InChI is InChI=1S/C12H24N2O4/c1-12(2,17)6-5-7-8(10(16)9(6)15)13-11(18-7)14(3)4/h6-11,13,15-17H,5H2,1-4H3. The summed E-state index contributed by atoms with van der Waals surface area (Å²) in [5.41, 5.74) is -1.04. The van der Waals surface area contributed by atoms with Gasteiger partial charge in [-0.25, -0.2) is 0 Å². The van der Waals surface area contributed by atoms with Crippen LogP contribution in [0.25, 0.3) is 0 Å². The van der Waals surface area contributed by atoms with Crippen molar-refractivity contribution in [3.63, 3.8) is 0 Å². The Balaban J connectivity index is 2.14. The van der Waals surface area contributed by atoms with Crippen LogP contribution in [0.4, 0.5) is 0 Å². The zero-order valence-corrected chi connectivity index (χ0v) is 11.4. The van der Waals surface area contributed by atoms with Crippen molar-refractivity contribution >= 4 is 0 Å².